The number of carbonyl (C=O) groups excluding carboxylic acids is 2. The Morgan fingerprint density at radius 3 is 2.53 bits per heavy atom. The van der Waals surface area contributed by atoms with Crippen LogP contribution < -0.4 is 9.47 Å². The van der Waals surface area contributed by atoms with E-state index >= 15 is 0 Å². The van der Waals surface area contributed by atoms with E-state index in [9.17, 15) is 14.7 Å². The fourth-order valence-electron chi connectivity index (χ4n) is 3.33. The second-order valence-corrected chi connectivity index (χ2v) is 9.81. The van der Waals surface area contributed by atoms with Crippen molar-refractivity contribution in [2.24, 2.45) is 4.99 Å². The van der Waals surface area contributed by atoms with Gasteiger partial charge in [0.15, 0.2) is 11.5 Å². The van der Waals surface area contributed by atoms with Gasteiger partial charge in [0, 0.05) is 6.42 Å². The minimum Gasteiger partial charge on any atom is -0.506 e. The maximum Gasteiger partial charge on any atom is 0.344 e. The van der Waals surface area contributed by atoms with Gasteiger partial charge in [0.2, 0.25) is 5.91 Å². The lowest BCUT2D eigenvalue weighted by Gasteiger charge is -2.14. The predicted molar refractivity (Wildman–Crippen MR) is 145 cm³/mol. The Balaban J connectivity index is 1.92. The number of hydrogen-bond donors (Lipinski definition) is 1. The van der Waals surface area contributed by atoms with Gasteiger partial charge in [-0.3, -0.25) is 4.79 Å². The number of benzene rings is 2. The summed E-state index contributed by atoms with van der Waals surface area (Å²) in [7, 11) is 1.54. The van der Waals surface area contributed by atoms with Crippen molar-refractivity contribution in [3.63, 3.8) is 0 Å². The number of aryl methyl sites for hydroxylation is 1. The van der Waals surface area contributed by atoms with Crippen molar-refractivity contribution in [3.8, 4) is 11.5 Å². The maximum atomic E-state index is 12.5. The Labute approximate surface area is 223 Å². The molecular weight excluding hydrogens is 546 g/mol. The molecule has 1 aliphatic rings. The zero-order chi connectivity index (χ0) is 26.2. The molecule has 0 saturated carbocycles. The van der Waals surface area contributed by atoms with Crippen LogP contribution in [0.15, 0.2) is 62.1 Å². The molecule has 0 saturated heterocycles. The van der Waals surface area contributed by atoms with Crippen molar-refractivity contribution in [2.75, 3.05) is 13.7 Å². The normalized spacial score (nSPS) is 15.5. The van der Waals surface area contributed by atoms with Crippen LogP contribution in [-0.4, -0.2) is 35.7 Å². The van der Waals surface area contributed by atoms with Crippen molar-refractivity contribution < 1.29 is 28.9 Å². The maximum absolute atomic E-state index is 12.5. The number of halogens is 1. The highest BCUT2D eigenvalue weighted by molar-refractivity contribution is 9.10. The van der Waals surface area contributed by atoms with Gasteiger partial charge in [0.25, 0.3) is 0 Å². The predicted octanol–water partition coefficient (Wildman–Crippen LogP) is 6.53. The molecule has 1 N–H and O–H groups in total. The minimum atomic E-state index is -0.729. The Bertz CT molecular complexity index is 1230. The molecule has 36 heavy (non-hydrogen) atoms. The fourth-order valence-corrected chi connectivity index (χ4v) is 4.93. The Kier molecular flexibility index (Phi) is 9.78. The lowest BCUT2D eigenvalue weighted by Crippen LogP contribution is -2.14. The second-order valence-electron chi connectivity index (χ2n) is 7.92. The Morgan fingerprint density at radius 1 is 1.17 bits per heavy atom. The molecule has 190 valence electrons. The lowest BCUT2D eigenvalue weighted by atomic mass is 10.1. The first-order valence-electron chi connectivity index (χ1n) is 11.4. The van der Waals surface area contributed by atoms with Gasteiger partial charge in [0.05, 0.1) is 23.1 Å². The van der Waals surface area contributed by atoms with E-state index in [2.05, 4.69) is 20.9 Å². The number of carbonyl (C=O) groups is 2. The van der Waals surface area contributed by atoms with Crippen molar-refractivity contribution in [2.45, 2.75) is 40.2 Å². The van der Waals surface area contributed by atoms with Crippen LogP contribution in [0.5, 0.6) is 11.5 Å². The van der Waals surface area contributed by atoms with Crippen LogP contribution in [0.1, 0.15) is 43.4 Å². The minimum absolute atomic E-state index is 0.110. The first kappa shape index (κ1) is 27.5. The zero-order valence-corrected chi connectivity index (χ0v) is 23.0. The van der Waals surface area contributed by atoms with E-state index in [1.807, 2.05) is 44.2 Å². The molecule has 2 aromatic carbocycles. The molecule has 3 rings (SSSR count). The number of ether oxygens (including phenoxy) is 3. The lowest BCUT2D eigenvalue weighted by molar-refractivity contribution is -0.138. The molecule has 0 unspecified atom stereocenters. The summed E-state index contributed by atoms with van der Waals surface area (Å²) in [6, 6.07) is 11.6. The molecule has 0 atom stereocenters. The monoisotopic (exact) mass is 573 g/mol. The average molecular weight is 574 g/mol. The topological polar surface area (TPSA) is 94.4 Å². The SMILES string of the molecule is CCCC(=O)N=C1S/C(=C\c2cc(Br)c(OCc3ccc(C)cc3)c(OC)c2)C(O)=C1C(=O)OCC. The first-order valence-corrected chi connectivity index (χ1v) is 13.1. The average Bonchev–Trinajstić information content (AvgIpc) is 3.13. The van der Waals surface area contributed by atoms with Crippen LogP contribution in [0.3, 0.4) is 0 Å². The molecule has 0 fully saturated rings. The smallest absolute Gasteiger partial charge is 0.344 e. The second kappa shape index (κ2) is 12.8. The van der Waals surface area contributed by atoms with Gasteiger partial charge in [0.1, 0.15) is 23.0 Å². The number of rotatable bonds is 9. The number of aliphatic hydroxyl groups excluding tert-OH is 1. The van der Waals surface area contributed by atoms with E-state index in [0.29, 0.717) is 39.5 Å². The molecule has 2 aromatic rings. The number of aliphatic imine (C=N–C) groups is 1. The number of nitrogens with zero attached hydrogens (tertiary/aromatic N) is 1. The third kappa shape index (κ3) is 6.79. The summed E-state index contributed by atoms with van der Waals surface area (Å²) >= 11 is 4.59. The quantitative estimate of drug-likeness (QED) is 0.340. The van der Waals surface area contributed by atoms with Crippen LogP contribution >= 0.6 is 27.7 Å². The number of methoxy groups -OCH3 is 1. The van der Waals surface area contributed by atoms with Gasteiger partial charge in [-0.15, -0.1) is 0 Å². The molecule has 1 amide bonds. The van der Waals surface area contributed by atoms with Gasteiger partial charge in [-0.05, 0) is 65.5 Å². The molecule has 0 bridgehead atoms. The number of thioether (sulfide) groups is 1. The van der Waals surface area contributed by atoms with Crippen LogP contribution in [0.2, 0.25) is 0 Å². The Hall–Kier alpha value is -3.04. The van der Waals surface area contributed by atoms with Crippen LogP contribution in [0.4, 0.5) is 0 Å². The molecule has 1 heterocycles. The molecular formula is C27H28BrNO6S. The number of hydrogen-bond acceptors (Lipinski definition) is 7. The third-order valence-electron chi connectivity index (χ3n) is 5.11. The molecule has 0 aliphatic carbocycles. The van der Waals surface area contributed by atoms with Gasteiger partial charge in [-0.25, -0.2) is 9.79 Å². The summed E-state index contributed by atoms with van der Waals surface area (Å²) in [5.74, 6) is -0.342. The summed E-state index contributed by atoms with van der Waals surface area (Å²) in [5.41, 5.74) is 2.77. The van der Waals surface area contributed by atoms with Crippen molar-refractivity contribution >= 4 is 50.7 Å². The van der Waals surface area contributed by atoms with Crippen LogP contribution in [0, 0.1) is 6.92 Å². The molecule has 1 aliphatic heterocycles. The standard InChI is InChI=1S/C27H28BrNO6S/c1-5-7-22(30)29-26-23(27(32)34-6-2)24(31)21(36-26)14-18-12-19(28)25(20(13-18)33-4)35-15-17-10-8-16(3)9-11-17/h8-14,31H,5-7,15H2,1-4H3/b21-14-,29-26?. The summed E-state index contributed by atoms with van der Waals surface area (Å²) in [4.78, 5) is 29.0. The van der Waals surface area contributed by atoms with E-state index in [4.69, 9.17) is 14.2 Å². The van der Waals surface area contributed by atoms with Gasteiger partial charge < -0.3 is 19.3 Å². The molecule has 7 nitrogen and oxygen atoms in total. The van der Waals surface area contributed by atoms with E-state index in [0.717, 1.165) is 17.3 Å². The van der Waals surface area contributed by atoms with Crippen LogP contribution in [-0.2, 0) is 20.9 Å². The Morgan fingerprint density at radius 2 is 1.89 bits per heavy atom. The molecule has 0 spiro atoms. The van der Waals surface area contributed by atoms with Gasteiger partial charge in [-0.1, -0.05) is 48.5 Å². The molecule has 0 radical (unpaired) electrons. The van der Waals surface area contributed by atoms with E-state index in [1.54, 1.807) is 26.2 Å². The van der Waals surface area contributed by atoms with Crippen molar-refractivity contribution in [1.29, 1.82) is 0 Å². The highest BCUT2D eigenvalue weighted by atomic mass is 79.9. The fraction of sp³-hybridized carbons (Fsp3) is 0.296. The number of amides is 1. The summed E-state index contributed by atoms with van der Waals surface area (Å²) in [5, 5.41) is 11.0. The first-order chi connectivity index (χ1) is 17.3. The summed E-state index contributed by atoms with van der Waals surface area (Å²) < 4.78 is 17.3. The summed E-state index contributed by atoms with van der Waals surface area (Å²) in [6.45, 7) is 6.05. The van der Waals surface area contributed by atoms with E-state index in [-0.39, 0.29) is 35.3 Å². The molecule has 0 aromatic heterocycles. The number of aliphatic hydroxyl groups is 1. The van der Waals surface area contributed by atoms with Crippen LogP contribution in [0.25, 0.3) is 6.08 Å². The third-order valence-corrected chi connectivity index (χ3v) is 6.72. The van der Waals surface area contributed by atoms with E-state index < -0.39 is 5.97 Å². The summed E-state index contributed by atoms with van der Waals surface area (Å²) in [6.07, 6.45) is 2.55. The number of esters is 1. The molecule has 9 heteroatoms. The van der Waals surface area contributed by atoms with Crippen molar-refractivity contribution in [1.82, 2.24) is 0 Å². The highest BCUT2D eigenvalue weighted by Crippen LogP contribution is 2.42. The van der Waals surface area contributed by atoms with Gasteiger partial charge in [-0.2, -0.15) is 0 Å². The van der Waals surface area contributed by atoms with Crippen molar-refractivity contribution in [3.05, 3.63) is 73.8 Å². The zero-order valence-electron chi connectivity index (χ0n) is 20.6. The van der Waals surface area contributed by atoms with E-state index in [1.165, 1.54) is 5.56 Å². The van der Waals surface area contributed by atoms with Gasteiger partial charge >= 0.3 is 5.97 Å². The largest absolute Gasteiger partial charge is 0.506 e. The highest BCUT2D eigenvalue weighted by Gasteiger charge is 2.33.